The van der Waals surface area contributed by atoms with Crippen molar-refractivity contribution < 1.29 is 18.8 Å². The van der Waals surface area contributed by atoms with Crippen molar-refractivity contribution in [2.75, 3.05) is 5.32 Å². The molecule has 0 bridgehead atoms. The van der Waals surface area contributed by atoms with E-state index in [2.05, 4.69) is 15.6 Å². The van der Waals surface area contributed by atoms with Crippen molar-refractivity contribution in [2.24, 2.45) is 0 Å². The van der Waals surface area contributed by atoms with Gasteiger partial charge in [0.2, 0.25) is 0 Å². The van der Waals surface area contributed by atoms with Crippen molar-refractivity contribution in [2.45, 2.75) is 45.8 Å². The molecular weight excluding hydrogens is 372 g/mol. The molecule has 1 aromatic carbocycles. The minimum Gasteiger partial charge on any atom is -0.449 e. The summed E-state index contributed by atoms with van der Waals surface area (Å²) in [5, 5.41) is 10.5. The van der Waals surface area contributed by atoms with Crippen molar-refractivity contribution >= 4 is 17.7 Å². The van der Waals surface area contributed by atoms with Crippen LogP contribution < -0.4 is 5.32 Å². The van der Waals surface area contributed by atoms with Crippen LogP contribution in [0.25, 0.3) is 0 Å². The van der Waals surface area contributed by atoms with Crippen LogP contribution in [0.15, 0.2) is 53.3 Å². The minimum atomic E-state index is -0.900. The fraction of sp³-hybridized carbons (Fsp3) is 0.333. The van der Waals surface area contributed by atoms with Crippen LogP contribution in [0.5, 0.6) is 0 Å². The standard InChI is InChI=1S/C21H24N4O4/c1-3-4-6-18(20(26)23-19-13-15(2)29-24-19)28-21(27)17-9-7-16(8-10-17)14-25-12-5-11-22-25/h5,7-13,18H,3-4,6,14H2,1-2H3,(H,23,24,26). The van der Waals surface area contributed by atoms with Gasteiger partial charge in [0.05, 0.1) is 12.1 Å². The maximum atomic E-state index is 12.6. The maximum Gasteiger partial charge on any atom is 0.338 e. The van der Waals surface area contributed by atoms with Crippen LogP contribution in [0.3, 0.4) is 0 Å². The van der Waals surface area contributed by atoms with E-state index in [9.17, 15) is 9.59 Å². The second-order valence-corrected chi connectivity index (χ2v) is 6.75. The predicted octanol–water partition coefficient (Wildman–Crippen LogP) is 3.58. The smallest absolute Gasteiger partial charge is 0.338 e. The summed E-state index contributed by atoms with van der Waals surface area (Å²) in [4.78, 5) is 25.1. The van der Waals surface area contributed by atoms with Crippen molar-refractivity contribution in [3.8, 4) is 0 Å². The number of anilines is 1. The molecule has 1 unspecified atom stereocenters. The van der Waals surface area contributed by atoms with E-state index in [-0.39, 0.29) is 0 Å². The molecule has 0 saturated heterocycles. The number of aryl methyl sites for hydroxylation is 1. The van der Waals surface area contributed by atoms with Crippen molar-refractivity contribution in [1.82, 2.24) is 14.9 Å². The lowest BCUT2D eigenvalue weighted by Gasteiger charge is -2.16. The molecule has 1 atom stereocenters. The molecule has 2 aromatic heterocycles. The van der Waals surface area contributed by atoms with Crippen LogP contribution in [-0.4, -0.2) is 32.9 Å². The van der Waals surface area contributed by atoms with Crippen molar-refractivity contribution in [1.29, 1.82) is 0 Å². The Morgan fingerprint density at radius 1 is 1.28 bits per heavy atom. The summed E-state index contributed by atoms with van der Waals surface area (Å²) < 4.78 is 12.2. The van der Waals surface area contributed by atoms with Gasteiger partial charge < -0.3 is 14.6 Å². The maximum absolute atomic E-state index is 12.6. The Hall–Kier alpha value is -3.42. The van der Waals surface area contributed by atoms with E-state index >= 15 is 0 Å². The van der Waals surface area contributed by atoms with E-state index in [0.717, 1.165) is 18.4 Å². The summed E-state index contributed by atoms with van der Waals surface area (Å²) in [6.45, 7) is 4.35. The van der Waals surface area contributed by atoms with Crippen LogP contribution in [-0.2, 0) is 16.1 Å². The monoisotopic (exact) mass is 396 g/mol. The number of unbranched alkanes of at least 4 members (excludes halogenated alkanes) is 1. The van der Waals surface area contributed by atoms with Gasteiger partial charge in [-0.05, 0) is 43.5 Å². The fourth-order valence-electron chi connectivity index (χ4n) is 2.79. The van der Waals surface area contributed by atoms with Crippen LogP contribution in [0.2, 0.25) is 0 Å². The molecule has 29 heavy (non-hydrogen) atoms. The fourth-order valence-corrected chi connectivity index (χ4v) is 2.79. The van der Waals surface area contributed by atoms with Crippen molar-refractivity contribution in [3.05, 3.63) is 65.7 Å². The lowest BCUT2D eigenvalue weighted by atomic mass is 10.1. The third kappa shape index (κ3) is 5.78. The summed E-state index contributed by atoms with van der Waals surface area (Å²) in [6, 6.07) is 10.5. The number of amides is 1. The third-order valence-corrected chi connectivity index (χ3v) is 4.33. The van der Waals surface area contributed by atoms with Gasteiger partial charge in [0, 0.05) is 18.5 Å². The largest absolute Gasteiger partial charge is 0.449 e. The number of nitrogens with zero attached hydrogens (tertiary/aromatic N) is 3. The topological polar surface area (TPSA) is 99.2 Å². The molecule has 1 amide bonds. The molecule has 0 spiro atoms. The van der Waals surface area contributed by atoms with Crippen LogP contribution in [0.1, 0.15) is 47.9 Å². The summed E-state index contributed by atoms with van der Waals surface area (Å²) in [7, 11) is 0. The van der Waals surface area contributed by atoms with Gasteiger partial charge in [-0.2, -0.15) is 5.10 Å². The van der Waals surface area contributed by atoms with Gasteiger partial charge in [0.25, 0.3) is 5.91 Å². The van der Waals surface area contributed by atoms with E-state index in [0.29, 0.717) is 30.1 Å². The molecule has 152 valence electrons. The molecule has 8 heteroatoms. The van der Waals surface area contributed by atoms with Gasteiger partial charge >= 0.3 is 5.97 Å². The van der Waals surface area contributed by atoms with E-state index in [1.54, 1.807) is 36.0 Å². The average Bonchev–Trinajstić information content (AvgIpc) is 3.37. The first kappa shape index (κ1) is 20.3. The molecule has 1 N–H and O–H groups in total. The molecule has 3 aromatic rings. The number of nitrogens with one attached hydrogen (secondary N) is 1. The highest BCUT2D eigenvalue weighted by Gasteiger charge is 2.24. The number of rotatable bonds is 9. The number of benzene rings is 1. The van der Waals surface area contributed by atoms with Gasteiger partial charge in [0.15, 0.2) is 11.9 Å². The van der Waals surface area contributed by atoms with Gasteiger partial charge in [-0.1, -0.05) is 30.6 Å². The SMILES string of the molecule is CCCCC(OC(=O)c1ccc(Cn2cccn2)cc1)C(=O)Nc1cc(C)on1. The van der Waals surface area contributed by atoms with E-state index < -0.39 is 18.0 Å². The first-order valence-corrected chi connectivity index (χ1v) is 9.56. The summed E-state index contributed by atoms with van der Waals surface area (Å²) >= 11 is 0. The number of carbonyl (C=O) groups excluding carboxylic acids is 2. The summed E-state index contributed by atoms with van der Waals surface area (Å²) in [5.74, 6) is -0.0794. The van der Waals surface area contributed by atoms with E-state index in [1.807, 2.05) is 31.3 Å². The van der Waals surface area contributed by atoms with Gasteiger partial charge in [0.1, 0.15) is 5.76 Å². The van der Waals surface area contributed by atoms with Gasteiger partial charge in [-0.25, -0.2) is 4.79 Å². The first-order valence-electron chi connectivity index (χ1n) is 9.56. The molecular formula is C21H24N4O4. The summed E-state index contributed by atoms with van der Waals surface area (Å²) in [6.07, 6.45) is 4.76. The van der Waals surface area contributed by atoms with Crippen LogP contribution in [0, 0.1) is 6.92 Å². The van der Waals surface area contributed by atoms with Crippen molar-refractivity contribution in [3.63, 3.8) is 0 Å². The molecule has 0 aliphatic carbocycles. The Labute approximate surface area is 168 Å². The molecule has 2 heterocycles. The molecule has 0 fully saturated rings. The zero-order chi connectivity index (χ0) is 20.6. The number of esters is 1. The Kier molecular flexibility index (Phi) is 6.78. The quantitative estimate of drug-likeness (QED) is 0.555. The molecule has 0 aliphatic rings. The molecule has 0 aliphatic heterocycles. The second-order valence-electron chi connectivity index (χ2n) is 6.75. The first-order chi connectivity index (χ1) is 14.0. The molecule has 0 saturated carbocycles. The zero-order valence-corrected chi connectivity index (χ0v) is 16.5. The van der Waals surface area contributed by atoms with Crippen LogP contribution in [0.4, 0.5) is 5.82 Å². The normalized spacial score (nSPS) is 11.8. The summed E-state index contributed by atoms with van der Waals surface area (Å²) in [5.41, 5.74) is 1.40. The Morgan fingerprint density at radius 3 is 2.69 bits per heavy atom. The highest BCUT2D eigenvalue weighted by Crippen LogP contribution is 2.14. The molecule has 8 nitrogen and oxygen atoms in total. The second kappa shape index (κ2) is 9.68. The number of ether oxygens (including phenoxy) is 1. The number of hydrogen-bond donors (Lipinski definition) is 1. The third-order valence-electron chi connectivity index (χ3n) is 4.33. The Balaban J connectivity index is 1.63. The van der Waals surface area contributed by atoms with Gasteiger partial charge in [-0.3, -0.25) is 9.48 Å². The van der Waals surface area contributed by atoms with E-state index in [1.165, 1.54) is 0 Å². The number of hydrogen-bond acceptors (Lipinski definition) is 6. The van der Waals surface area contributed by atoms with Gasteiger partial charge in [-0.15, -0.1) is 0 Å². The van der Waals surface area contributed by atoms with Crippen LogP contribution >= 0.6 is 0 Å². The highest BCUT2D eigenvalue weighted by atomic mass is 16.5. The predicted molar refractivity (Wildman–Crippen MR) is 106 cm³/mol. The molecule has 3 rings (SSSR count). The lowest BCUT2D eigenvalue weighted by Crippen LogP contribution is -2.32. The Bertz CT molecular complexity index is 932. The minimum absolute atomic E-state index is 0.299. The number of carbonyl (C=O) groups is 2. The van der Waals surface area contributed by atoms with E-state index in [4.69, 9.17) is 9.26 Å². The average molecular weight is 396 g/mol. The zero-order valence-electron chi connectivity index (χ0n) is 16.5. The molecule has 0 radical (unpaired) electrons. The Morgan fingerprint density at radius 2 is 2.07 bits per heavy atom. The number of aromatic nitrogens is 3. The lowest BCUT2D eigenvalue weighted by molar-refractivity contribution is -0.125. The highest BCUT2D eigenvalue weighted by molar-refractivity contribution is 5.97.